The van der Waals surface area contributed by atoms with Gasteiger partial charge < -0.3 is 10.2 Å². The Morgan fingerprint density at radius 3 is 2.28 bits per heavy atom. The van der Waals surface area contributed by atoms with Gasteiger partial charge in [0.1, 0.15) is 0 Å². The Kier molecular flexibility index (Phi) is 5.50. The molecule has 0 aliphatic carbocycles. The van der Waals surface area contributed by atoms with E-state index in [1.54, 1.807) is 0 Å². The van der Waals surface area contributed by atoms with Crippen molar-refractivity contribution in [3.8, 4) is 0 Å². The van der Waals surface area contributed by atoms with Crippen molar-refractivity contribution in [2.24, 2.45) is 11.3 Å². The standard InChI is InChI=1S/C16H32N2/c1-15(2)5-3-4-12-18-13-8-16(9-14-18)6-10-17-11-7-16/h15,17H,3-14H2,1-2H3. The van der Waals surface area contributed by atoms with Gasteiger partial charge in [0.25, 0.3) is 0 Å². The summed E-state index contributed by atoms with van der Waals surface area (Å²) in [4.78, 5) is 2.72. The summed E-state index contributed by atoms with van der Waals surface area (Å²) in [6.07, 6.45) is 10.00. The Morgan fingerprint density at radius 1 is 1.00 bits per heavy atom. The molecule has 0 aromatic heterocycles. The van der Waals surface area contributed by atoms with E-state index >= 15 is 0 Å². The number of piperidine rings is 2. The minimum Gasteiger partial charge on any atom is -0.317 e. The number of hydrogen-bond acceptors (Lipinski definition) is 2. The maximum Gasteiger partial charge on any atom is -0.00134 e. The quantitative estimate of drug-likeness (QED) is 0.755. The van der Waals surface area contributed by atoms with Gasteiger partial charge in [-0.3, -0.25) is 0 Å². The molecule has 2 aliphatic rings. The van der Waals surface area contributed by atoms with Crippen molar-refractivity contribution in [3.05, 3.63) is 0 Å². The fourth-order valence-corrected chi connectivity index (χ4v) is 3.60. The number of hydrogen-bond donors (Lipinski definition) is 1. The van der Waals surface area contributed by atoms with Gasteiger partial charge in [-0.15, -0.1) is 0 Å². The van der Waals surface area contributed by atoms with Crippen LogP contribution in [0.1, 0.15) is 58.8 Å². The first kappa shape index (κ1) is 14.3. The molecular formula is C16H32N2. The Balaban J connectivity index is 1.61. The van der Waals surface area contributed by atoms with Crippen LogP contribution in [0.3, 0.4) is 0 Å². The van der Waals surface area contributed by atoms with Crippen LogP contribution < -0.4 is 5.32 Å². The molecule has 0 aromatic rings. The minimum atomic E-state index is 0.722. The summed E-state index contributed by atoms with van der Waals surface area (Å²) < 4.78 is 0. The van der Waals surface area contributed by atoms with Gasteiger partial charge in [0.15, 0.2) is 0 Å². The lowest BCUT2D eigenvalue weighted by atomic mass is 9.71. The monoisotopic (exact) mass is 252 g/mol. The molecule has 0 bridgehead atoms. The number of nitrogens with one attached hydrogen (secondary N) is 1. The Morgan fingerprint density at radius 2 is 1.67 bits per heavy atom. The molecule has 0 aromatic carbocycles. The molecule has 0 saturated carbocycles. The Bertz CT molecular complexity index is 221. The molecule has 1 spiro atoms. The number of rotatable bonds is 5. The van der Waals surface area contributed by atoms with Gasteiger partial charge in [-0.25, -0.2) is 0 Å². The smallest absolute Gasteiger partial charge is 0.00134 e. The zero-order valence-corrected chi connectivity index (χ0v) is 12.5. The molecule has 2 heteroatoms. The van der Waals surface area contributed by atoms with Crippen LogP contribution in [-0.4, -0.2) is 37.6 Å². The van der Waals surface area contributed by atoms with Crippen molar-refractivity contribution in [2.45, 2.75) is 58.8 Å². The van der Waals surface area contributed by atoms with E-state index in [0.717, 1.165) is 11.3 Å². The van der Waals surface area contributed by atoms with E-state index in [4.69, 9.17) is 0 Å². The third-order valence-electron chi connectivity index (χ3n) is 5.09. The predicted molar refractivity (Wildman–Crippen MR) is 78.9 cm³/mol. The second-order valence-electron chi connectivity index (χ2n) is 6.98. The highest BCUT2D eigenvalue weighted by atomic mass is 15.1. The van der Waals surface area contributed by atoms with Gasteiger partial charge in [0.2, 0.25) is 0 Å². The fourth-order valence-electron chi connectivity index (χ4n) is 3.60. The maximum atomic E-state index is 3.51. The molecule has 2 fully saturated rings. The van der Waals surface area contributed by atoms with Crippen LogP contribution >= 0.6 is 0 Å². The van der Waals surface area contributed by atoms with Crippen LogP contribution in [0.15, 0.2) is 0 Å². The van der Waals surface area contributed by atoms with Gasteiger partial charge in [0, 0.05) is 0 Å². The van der Waals surface area contributed by atoms with Gasteiger partial charge >= 0.3 is 0 Å². The summed E-state index contributed by atoms with van der Waals surface area (Å²) in [5.41, 5.74) is 0.722. The average Bonchev–Trinajstić information content (AvgIpc) is 2.38. The molecule has 18 heavy (non-hydrogen) atoms. The van der Waals surface area contributed by atoms with E-state index in [-0.39, 0.29) is 0 Å². The zero-order chi connectivity index (χ0) is 12.8. The van der Waals surface area contributed by atoms with Crippen molar-refractivity contribution < 1.29 is 0 Å². The van der Waals surface area contributed by atoms with Crippen LogP contribution in [0.5, 0.6) is 0 Å². The van der Waals surface area contributed by atoms with E-state index in [1.165, 1.54) is 77.7 Å². The fraction of sp³-hybridized carbons (Fsp3) is 1.00. The van der Waals surface area contributed by atoms with E-state index < -0.39 is 0 Å². The first-order valence-corrected chi connectivity index (χ1v) is 8.13. The molecule has 2 saturated heterocycles. The summed E-state index contributed by atoms with van der Waals surface area (Å²) in [7, 11) is 0. The largest absolute Gasteiger partial charge is 0.317 e. The Hall–Kier alpha value is -0.0800. The first-order valence-electron chi connectivity index (χ1n) is 8.13. The number of unbranched alkanes of at least 4 members (excludes halogenated alkanes) is 1. The molecule has 106 valence electrons. The van der Waals surface area contributed by atoms with E-state index in [2.05, 4.69) is 24.1 Å². The zero-order valence-electron chi connectivity index (χ0n) is 12.5. The van der Waals surface area contributed by atoms with Gasteiger partial charge in [-0.05, 0) is 76.2 Å². The van der Waals surface area contributed by atoms with Crippen molar-refractivity contribution in [2.75, 3.05) is 32.7 Å². The number of likely N-dealkylation sites (tertiary alicyclic amines) is 1. The second-order valence-corrected chi connectivity index (χ2v) is 6.98. The van der Waals surface area contributed by atoms with Crippen molar-refractivity contribution in [1.29, 1.82) is 0 Å². The van der Waals surface area contributed by atoms with E-state index in [9.17, 15) is 0 Å². The van der Waals surface area contributed by atoms with Gasteiger partial charge in [-0.1, -0.05) is 26.7 Å². The normalized spacial score (nSPS) is 24.8. The molecule has 0 radical (unpaired) electrons. The van der Waals surface area contributed by atoms with Gasteiger partial charge in [-0.2, -0.15) is 0 Å². The molecule has 0 atom stereocenters. The first-order chi connectivity index (χ1) is 8.70. The molecule has 2 rings (SSSR count). The van der Waals surface area contributed by atoms with Crippen LogP contribution in [-0.2, 0) is 0 Å². The highest BCUT2D eigenvalue weighted by molar-refractivity contribution is 4.89. The Labute approximate surface area is 114 Å². The van der Waals surface area contributed by atoms with Gasteiger partial charge in [0.05, 0.1) is 0 Å². The molecule has 0 amide bonds. The predicted octanol–water partition coefficient (Wildman–Crippen LogP) is 3.28. The third-order valence-corrected chi connectivity index (χ3v) is 5.09. The molecule has 2 aliphatic heterocycles. The topological polar surface area (TPSA) is 15.3 Å². The average molecular weight is 252 g/mol. The minimum absolute atomic E-state index is 0.722. The van der Waals surface area contributed by atoms with E-state index in [1.807, 2.05) is 0 Å². The van der Waals surface area contributed by atoms with Crippen molar-refractivity contribution >= 4 is 0 Å². The summed E-state index contributed by atoms with van der Waals surface area (Å²) in [5, 5.41) is 3.51. The van der Waals surface area contributed by atoms with Crippen molar-refractivity contribution in [3.63, 3.8) is 0 Å². The molecule has 2 nitrogen and oxygen atoms in total. The van der Waals surface area contributed by atoms with Crippen LogP contribution in [0.4, 0.5) is 0 Å². The summed E-state index contributed by atoms with van der Waals surface area (Å²) in [5.74, 6) is 0.879. The van der Waals surface area contributed by atoms with E-state index in [0.29, 0.717) is 0 Å². The molecule has 2 heterocycles. The highest BCUT2D eigenvalue weighted by Crippen LogP contribution is 2.39. The summed E-state index contributed by atoms with van der Waals surface area (Å²) >= 11 is 0. The van der Waals surface area contributed by atoms with Crippen LogP contribution in [0, 0.1) is 11.3 Å². The maximum absolute atomic E-state index is 3.51. The summed E-state index contributed by atoms with van der Waals surface area (Å²) in [6.45, 7) is 11.3. The molecular weight excluding hydrogens is 220 g/mol. The van der Waals surface area contributed by atoms with Crippen molar-refractivity contribution in [1.82, 2.24) is 10.2 Å². The lowest BCUT2D eigenvalue weighted by molar-refractivity contribution is 0.0729. The molecule has 0 unspecified atom stereocenters. The van der Waals surface area contributed by atoms with Crippen LogP contribution in [0.25, 0.3) is 0 Å². The highest BCUT2D eigenvalue weighted by Gasteiger charge is 2.35. The second kappa shape index (κ2) is 6.91. The lowest BCUT2D eigenvalue weighted by Gasteiger charge is -2.44. The van der Waals surface area contributed by atoms with Crippen LogP contribution in [0.2, 0.25) is 0 Å². The molecule has 1 N–H and O–H groups in total. The lowest BCUT2D eigenvalue weighted by Crippen LogP contribution is -2.45. The third kappa shape index (κ3) is 4.24. The SMILES string of the molecule is CC(C)CCCCN1CCC2(CCNCC2)CC1. The summed E-state index contributed by atoms with van der Waals surface area (Å²) in [6, 6.07) is 0. The number of nitrogens with zero attached hydrogens (tertiary/aromatic N) is 1.